The van der Waals surface area contributed by atoms with Crippen molar-refractivity contribution in [3.8, 4) is 0 Å². The van der Waals surface area contributed by atoms with Gasteiger partial charge in [0.2, 0.25) is 0 Å². The highest BCUT2D eigenvalue weighted by molar-refractivity contribution is 7.80. The SMILES string of the molecule is CCN(CCC(N)=S)C(=O)c1cc(C)nn1CC. The highest BCUT2D eigenvalue weighted by Gasteiger charge is 2.18. The van der Waals surface area contributed by atoms with Gasteiger partial charge in [0.05, 0.1) is 10.7 Å². The first-order valence-corrected chi connectivity index (χ1v) is 6.52. The Labute approximate surface area is 113 Å². The molecule has 1 amide bonds. The van der Waals surface area contributed by atoms with E-state index >= 15 is 0 Å². The summed E-state index contributed by atoms with van der Waals surface area (Å²) in [5.41, 5.74) is 6.95. The van der Waals surface area contributed by atoms with E-state index in [9.17, 15) is 4.79 Å². The number of hydrogen-bond acceptors (Lipinski definition) is 3. The van der Waals surface area contributed by atoms with Gasteiger partial charge in [0.15, 0.2) is 0 Å². The molecule has 0 aliphatic heterocycles. The fourth-order valence-electron chi connectivity index (χ4n) is 1.77. The summed E-state index contributed by atoms with van der Waals surface area (Å²) < 4.78 is 1.72. The summed E-state index contributed by atoms with van der Waals surface area (Å²) in [6.45, 7) is 7.66. The van der Waals surface area contributed by atoms with Crippen molar-refractivity contribution in [3.05, 3.63) is 17.5 Å². The number of hydrogen-bond donors (Lipinski definition) is 1. The molecule has 2 N–H and O–H groups in total. The number of nitrogens with zero attached hydrogens (tertiary/aromatic N) is 3. The van der Waals surface area contributed by atoms with Crippen molar-refractivity contribution in [3.63, 3.8) is 0 Å². The van der Waals surface area contributed by atoms with Gasteiger partial charge in [-0.2, -0.15) is 5.10 Å². The van der Waals surface area contributed by atoms with Crippen LogP contribution in [0.1, 0.15) is 36.5 Å². The highest BCUT2D eigenvalue weighted by Crippen LogP contribution is 2.08. The van der Waals surface area contributed by atoms with Crippen LogP contribution >= 0.6 is 12.2 Å². The van der Waals surface area contributed by atoms with Crippen LogP contribution in [0.2, 0.25) is 0 Å². The molecule has 0 atom stereocenters. The second kappa shape index (κ2) is 6.49. The molecule has 0 fully saturated rings. The molecule has 18 heavy (non-hydrogen) atoms. The van der Waals surface area contributed by atoms with Crippen LogP contribution in [0.5, 0.6) is 0 Å². The summed E-state index contributed by atoms with van der Waals surface area (Å²) in [7, 11) is 0. The topological polar surface area (TPSA) is 64.2 Å². The van der Waals surface area contributed by atoms with Gasteiger partial charge in [0, 0.05) is 26.1 Å². The van der Waals surface area contributed by atoms with Crippen molar-refractivity contribution >= 4 is 23.1 Å². The van der Waals surface area contributed by atoms with Gasteiger partial charge in [-0.25, -0.2) is 0 Å². The zero-order valence-electron chi connectivity index (χ0n) is 11.1. The number of thiocarbonyl (C=S) groups is 1. The van der Waals surface area contributed by atoms with Crippen molar-refractivity contribution in [1.82, 2.24) is 14.7 Å². The molecule has 1 aromatic rings. The molecule has 1 aromatic heterocycles. The van der Waals surface area contributed by atoms with Crippen LogP contribution in [0.15, 0.2) is 6.07 Å². The van der Waals surface area contributed by atoms with Gasteiger partial charge < -0.3 is 10.6 Å². The maximum atomic E-state index is 12.4. The summed E-state index contributed by atoms with van der Waals surface area (Å²) in [4.78, 5) is 14.5. The zero-order chi connectivity index (χ0) is 13.7. The number of amides is 1. The molecule has 1 heterocycles. The third kappa shape index (κ3) is 3.53. The predicted octanol–water partition coefficient (Wildman–Crippen LogP) is 1.35. The standard InChI is InChI=1S/C12H20N4OS/c1-4-15(7-6-11(13)18)12(17)10-8-9(3)14-16(10)5-2/h8H,4-7H2,1-3H3,(H2,13,18). The quantitative estimate of drug-likeness (QED) is 0.791. The fraction of sp³-hybridized carbons (Fsp3) is 0.583. The van der Waals surface area contributed by atoms with E-state index in [4.69, 9.17) is 18.0 Å². The van der Waals surface area contributed by atoms with E-state index in [2.05, 4.69) is 5.10 Å². The molecular formula is C12H20N4OS. The number of carbonyl (C=O) groups is 1. The van der Waals surface area contributed by atoms with E-state index in [1.165, 1.54) is 0 Å². The minimum absolute atomic E-state index is 0.0174. The molecular weight excluding hydrogens is 248 g/mol. The van der Waals surface area contributed by atoms with Gasteiger partial charge in [-0.3, -0.25) is 9.48 Å². The van der Waals surface area contributed by atoms with Gasteiger partial charge >= 0.3 is 0 Å². The number of carbonyl (C=O) groups excluding carboxylic acids is 1. The minimum atomic E-state index is -0.0174. The first kappa shape index (κ1) is 14.6. The summed E-state index contributed by atoms with van der Waals surface area (Å²) >= 11 is 4.84. The van der Waals surface area contributed by atoms with Crippen molar-refractivity contribution < 1.29 is 4.79 Å². The van der Waals surface area contributed by atoms with Crippen LogP contribution in [0.25, 0.3) is 0 Å². The lowest BCUT2D eigenvalue weighted by Crippen LogP contribution is -2.34. The average Bonchev–Trinajstić information content (AvgIpc) is 2.70. The number of aryl methyl sites for hydroxylation is 2. The molecule has 0 aliphatic carbocycles. The molecule has 0 saturated carbocycles. The van der Waals surface area contributed by atoms with Crippen LogP contribution in [0.4, 0.5) is 0 Å². The lowest BCUT2D eigenvalue weighted by molar-refractivity contribution is 0.0756. The average molecular weight is 268 g/mol. The van der Waals surface area contributed by atoms with Crippen molar-refractivity contribution in [2.75, 3.05) is 13.1 Å². The molecule has 5 nitrogen and oxygen atoms in total. The molecule has 0 unspecified atom stereocenters. The highest BCUT2D eigenvalue weighted by atomic mass is 32.1. The summed E-state index contributed by atoms with van der Waals surface area (Å²) in [5, 5.41) is 4.28. The molecule has 0 saturated heterocycles. The smallest absolute Gasteiger partial charge is 0.272 e. The Kier molecular flexibility index (Phi) is 5.27. The molecule has 0 aromatic carbocycles. The molecule has 0 bridgehead atoms. The lowest BCUT2D eigenvalue weighted by atomic mass is 10.3. The maximum Gasteiger partial charge on any atom is 0.272 e. The van der Waals surface area contributed by atoms with Gasteiger partial charge in [-0.1, -0.05) is 12.2 Å². The first-order chi connectivity index (χ1) is 8.49. The van der Waals surface area contributed by atoms with E-state index in [0.29, 0.717) is 36.7 Å². The second-order valence-electron chi connectivity index (χ2n) is 4.09. The monoisotopic (exact) mass is 268 g/mol. The van der Waals surface area contributed by atoms with Gasteiger partial charge in [0.25, 0.3) is 5.91 Å². The summed E-state index contributed by atoms with van der Waals surface area (Å²) in [6.07, 6.45) is 0.550. The van der Waals surface area contributed by atoms with Crippen LogP contribution in [-0.4, -0.2) is 38.7 Å². The third-order valence-corrected chi connectivity index (χ3v) is 2.92. The van der Waals surface area contributed by atoms with Crippen molar-refractivity contribution in [2.45, 2.75) is 33.7 Å². The Balaban J connectivity index is 2.85. The Morgan fingerprint density at radius 3 is 2.72 bits per heavy atom. The van der Waals surface area contributed by atoms with E-state index < -0.39 is 0 Å². The van der Waals surface area contributed by atoms with E-state index in [1.54, 1.807) is 9.58 Å². The van der Waals surface area contributed by atoms with Crippen LogP contribution < -0.4 is 5.73 Å². The predicted molar refractivity (Wildman–Crippen MR) is 75.6 cm³/mol. The van der Waals surface area contributed by atoms with Crippen molar-refractivity contribution in [2.24, 2.45) is 5.73 Å². The molecule has 0 radical (unpaired) electrons. The van der Waals surface area contributed by atoms with Gasteiger partial charge in [-0.05, 0) is 26.8 Å². The van der Waals surface area contributed by atoms with Crippen LogP contribution in [0, 0.1) is 6.92 Å². The number of rotatable bonds is 6. The Hall–Kier alpha value is -1.43. The molecule has 6 heteroatoms. The number of aromatic nitrogens is 2. The van der Waals surface area contributed by atoms with E-state index in [-0.39, 0.29) is 5.91 Å². The Bertz CT molecular complexity index is 441. The second-order valence-corrected chi connectivity index (χ2v) is 4.61. The molecule has 100 valence electrons. The maximum absolute atomic E-state index is 12.4. The Morgan fingerprint density at radius 2 is 2.22 bits per heavy atom. The van der Waals surface area contributed by atoms with Gasteiger partial charge in [0.1, 0.15) is 5.69 Å². The normalized spacial score (nSPS) is 10.4. The first-order valence-electron chi connectivity index (χ1n) is 6.11. The van der Waals surface area contributed by atoms with E-state index in [0.717, 1.165) is 5.69 Å². The molecule has 0 spiro atoms. The summed E-state index contributed by atoms with van der Waals surface area (Å²) in [5.74, 6) is -0.0174. The Morgan fingerprint density at radius 1 is 1.56 bits per heavy atom. The third-order valence-electron chi connectivity index (χ3n) is 2.72. The molecule has 0 aliphatic rings. The number of nitrogens with two attached hydrogens (primary N) is 1. The molecule has 1 rings (SSSR count). The minimum Gasteiger partial charge on any atom is -0.393 e. The van der Waals surface area contributed by atoms with Crippen molar-refractivity contribution in [1.29, 1.82) is 0 Å². The van der Waals surface area contributed by atoms with Crippen LogP contribution in [-0.2, 0) is 6.54 Å². The van der Waals surface area contributed by atoms with Crippen LogP contribution in [0.3, 0.4) is 0 Å². The lowest BCUT2D eigenvalue weighted by Gasteiger charge is -2.20. The van der Waals surface area contributed by atoms with Gasteiger partial charge in [-0.15, -0.1) is 0 Å². The fourth-order valence-corrected chi connectivity index (χ4v) is 1.86. The van der Waals surface area contributed by atoms with E-state index in [1.807, 2.05) is 26.8 Å². The zero-order valence-corrected chi connectivity index (χ0v) is 12.0. The summed E-state index contributed by atoms with van der Waals surface area (Å²) in [6, 6.07) is 1.81. The largest absolute Gasteiger partial charge is 0.393 e.